The Balaban J connectivity index is 1.84. The number of sulfonamides is 1. The Hall–Kier alpha value is -2.21. The van der Waals surface area contributed by atoms with E-state index in [1.165, 1.54) is 12.1 Å². The van der Waals surface area contributed by atoms with Gasteiger partial charge in [0.05, 0.1) is 31.2 Å². The number of aliphatic hydroxyl groups is 1. The summed E-state index contributed by atoms with van der Waals surface area (Å²) in [7, 11) is -1.67. The molecule has 0 aliphatic rings. The number of nitrogens with zero attached hydrogens (tertiary/aromatic N) is 1. The van der Waals surface area contributed by atoms with E-state index in [4.69, 9.17) is 4.42 Å². The maximum atomic E-state index is 11.6. The first-order chi connectivity index (χ1) is 14.3. The number of rotatable bonds is 11. The highest BCUT2D eigenvalue weighted by atomic mass is 32.2. The first-order valence-electron chi connectivity index (χ1n) is 9.30. The fourth-order valence-electron chi connectivity index (χ4n) is 2.50. The number of furan rings is 1. The Labute approximate surface area is 181 Å². The van der Waals surface area contributed by atoms with E-state index in [1.807, 2.05) is 19.2 Å². The van der Waals surface area contributed by atoms with Gasteiger partial charge in [-0.3, -0.25) is 4.72 Å². The van der Waals surface area contributed by atoms with E-state index in [2.05, 4.69) is 20.3 Å². The second-order valence-electron chi connectivity index (χ2n) is 6.55. The molecule has 11 heteroatoms. The van der Waals surface area contributed by atoms with E-state index < -0.39 is 16.1 Å². The van der Waals surface area contributed by atoms with Crippen molar-refractivity contribution in [2.75, 3.05) is 32.1 Å². The molecule has 0 saturated heterocycles. The molecule has 0 bridgehead atoms. The molecule has 0 aliphatic carbocycles. The molecule has 5 N–H and O–H groups in total. The van der Waals surface area contributed by atoms with Gasteiger partial charge >= 0.3 is 0 Å². The molecule has 2 aromatic rings. The van der Waals surface area contributed by atoms with Crippen molar-refractivity contribution in [2.45, 2.75) is 18.4 Å². The molecule has 0 aliphatic heterocycles. The van der Waals surface area contributed by atoms with Gasteiger partial charge in [0.2, 0.25) is 16.0 Å². The summed E-state index contributed by atoms with van der Waals surface area (Å²) in [5.74, 6) is 3.25. The van der Waals surface area contributed by atoms with Crippen LogP contribution in [-0.4, -0.2) is 56.7 Å². The van der Waals surface area contributed by atoms with Crippen molar-refractivity contribution < 1.29 is 23.0 Å². The average Bonchev–Trinajstić information content (AvgIpc) is 3.12. The summed E-state index contributed by atoms with van der Waals surface area (Å²) in [4.78, 5) is 4.14. The molecule has 1 aromatic carbocycles. The van der Waals surface area contributed by atoms with Crippen molar-refractivity contribution in [3.05, 3.63) is 53.5 Å². The number of nitrogens with one attached hydrogen (secondary N) is 3. The summed E-state index contributed by atoms with van der Waals surface area (Å²) >= 11 is 1.63. The number of aromatic hydroxyl groups is 1. The zero-order valence-electron chi connectivity index (χ0n) is 17.0. The fraction of sp³-hybridized carbons (Fsp3) is 0.421. The number of hydrogen-bond donors (Lipinski definition) is 5. The Kier molecular flexibility index (Phi) is 9.50. The normalized spacial score (nSPS) is 13.2. The minimum atomic E-state index is -3.52. The molecule has 0 radical (unpaired) electrons. The van der Waals surface area contributed by atoms with E-state index >= 15 is 0 Å². The Morgan fingerprint density at radius 2 is 2.03 bits per heavy atom. The number of benzene rings is 1. The lowest BCUT2D eigenvalue weighted by molar-refractivity contribution is 0.186. The van der Waals surface area contributed by atoms with Crippen LogP contribution in [0.1, 0.15) is 23.2 Å². The molecule has 1 unspecified atom stereocenters. The molecule has 0 spiro atoms. The van der Waals surface area contributed by atoms with E-state index in [-0.39, 0.29) is 18.3 Å². The number of aliphatic imine (C=N–C) groups is 1. The lowest BCUT2D eigenvalue weighted by Gasteiger charge is -2.13. The Morgan fingerprint density at radius 3 is 2.73 bits per heavy atom. The monoisotopic (exact) mass is 456 g/mol. The standard InChI is InChI=1S/C19H28N4O5S2/c1-20-11-16-6-7-17(28-16)13-29-9-8-21-19(23-30(2,26)27)22-12-18(25)14-4-3-5-15(24)10-14/h3-7,10,18,20,24-25H,8-9,11-13H2,1-2H3,(H2,21,22,23). The van der Waals surface area contributed by atoms with Crippen molar-refractivity contribution in [1.82, 2.24) is 15.4 Å². The van der Waals surface area contributed by atoms with Gasteiger partial charge < -0.3 is 25.3 Å². The predicted molar refractivity (Wildman–Crippen MR) is 119 cm³/mol. The van der Waals surface area contributed by atoms with Gasteiger partial charge in [-0.15, -0.1) is 0 Å². The van der Waals surface area contributed by atoms with Crippen molar-refractivity contribution in [1.29, 1.82) is 0 Å². The maximum Gasteiger partial charge on any atom is 0.232 e. The second kappa shape index (κ2) is 11.8. The van der Waals surface area contributed by atoms with Crippen LogP contribution in [0.15, 0.2) is 45.8 Å². The lowest BCUT2D eigenvalue weighted by Crippen LogP contribution is -2.41. The number of hydrogen-bond acceptors (Lipinski definition) is 8. The first kappa shape index (κ1) is 24.1. The van der Waals surface area contributed by atoms with Crippen LogP contribution in [0.2, 0.25) is 0 Å². The van der Waals surface area contributed by atoms with Gasteiger partial charge in [-0.25, -0.2) is 13.4 Å². The number of aliphatic hydroxyl groups excluding tert-OH is 1. The second-order valence-corrected chi connectivity index (χ2v) is 9.41. The van der Waals surface area contributed by atoms with Gasteiger partial charge in [0.15, 0.2) is 0 Å². The molecule has 30 heavy (non-hydrogen) atoms. The molecule has 9 nitrogen and oxygen atoms in total. The maximum absolute atomic E-state index is 11.6. The van der Waals surface area contributed by atoms with Crippen LogP contribution >= 0.6 is 11.8 Å². The highest BCUT2D eigenvalue weighted by molar-refractivity contribution is 7.98. The summed E-state index contributed by atoms with van der Waals surface area (Å²) in [5, 5.41) is 25.7. The summed E-state index contributed by atoms with van der Waals surface area (Å²) in [6.07, 6.45) is 0.0555. The summed E-state index contributed by atoms with van der Waals surface area (Å²) in [5.41, 5.74) is 0.490. The van der Waals surface area contributed by atoms with Crippen LogP contribution in [0.4, 0.5) is 0 Å². The minimum Gasteiger partial charge on any atom is -0.508 e. The highest BCUT2D eigenvalue weighted by Gasteiger charge is 2.11. The third kappa shape index (κ3) is 9.08. The van der Waals surface area contributed by atoms with Gasteiger partial charge in [0, 0.05) is 12.3 Å². The molecular formula is C19H28N4O5S2. The average molecular weight is 457 g/mol. The summed E-state index contributed by atoms with van der Waals surface area (Å²) < 4.78 is 31.1. The smallest absolute Gasteiger partial charge is 0.232 e. The number of thioether (sulfide) groups is 1. The van der Waals surface area contributed by atoms with E-state index in [9.17, 15) is 18.6 Å². The zero-order chi connectivity index (χ0) is 22.0. The molecule has 1 heterocycles. The number of phenolic OH excluding ortho intramolecular Hbond substituents is 1. The van der Waals surface area contributed by atoms with Gasteiger partial charge in [-0.1, -0.05) is 12.1 Å². The van der Waals surface area contributed by atoms with Crippen LogP contribution in [0.25, 0.3) is 0 Å². The topological polar surface area (TPSA) is 136 Å². The number of phenols is 1. The minimum absolute atomic E-state index is 0.0369. The van der Waals surface area contributed by atoms with Crippen LogP contribution in [0, 0.1) is 0 Å². The fourth-order valence-corrected chi connectivity index (χ4v) is 3.73. The highest BCUT2D eigenvalue weighted by Crippen LogP contribution is 2.18. The van der Waals surface area contributed by atoms with E-state index in [0.717, 1.165) is 17.8 Å². The SMILES string of the molecule is CNCc1ccc(CSCCNC(=NCC(O)c2cccc(O)c2)NS(C)(=O)=O)o1. The van der Waals surface area contributed by atoms with Crippen molar-refractivity contribution in [3.8, 4) is 5.75 Å². The molecule has 166 valence electrons. The third-order valence-electron chi connectivity index (χ3n) is 3.81. The van der Waals surface area contributed by atoms with Crippen molar-refractivity contribution >= 4 is 27.7 Å². The van der Waals surface area contributed by atoms with Gasteiger partial charge in [0.25, 0.3) is 0 Å². The molecule has 0 amide bonds. The predicted octanol–water partition coefficient (Wildman–Crippen LogP) is 1.17. The van der Waals surface area contributed by atoms with Crippen LogP contribution < -0.4 is 15.4 Å². The molecule has 0 fully saturated rings. The third-order valence-corrected chi connectivity index (χ3v) is 5.36. The van der Waals surface area contributed by atoms with E-state index in [0.29, 0.717) is 30.2 Å². The Morgan fingerprint density at radius 1 is 1.27 bits per heavy atom. The van der Waals surface area contributed by atoms with Crippen molar-refractivity contribution in [3.63, 3.8) is 0 Å². The molecule has 2 rings (SSSR count). The van der Waals surface area contributed by atoms with Gasteiger partial charge in [0.1, 0.15) is 17.3 Å². The summed E-state index contributed by atoms with van der Waals surface area (Å²) in [6.45, 7) is 1.08. The molecule has 1 atom stereocenters. The summed E-state index contributed by atoms with van der Waals surface area (Å²) in [6, 6.07) is 10.1. The zero-order valence-corrected chi connectivity index (χ0v) is 18.6. The largest absolute Gasteiger partial charge is 0.508 e. The van der Waals surface area contributed by atoms with Gasteiger partial charge in [-0.2, -0.15) is 11.8 Å². The Bertz CT molecular complexity index is 931. The van der Waals surface area contributed by atoms with Crippen LogP contribution in [-0.2, 0) is 22.3 Å². The van der Waals surface area contributed by atoms with Crippen molar-refractivity contribution in [2.24, 2.45) is 4.99 Å². The molecular weight excluding hydrogens is 428 g/mol. The quantitative estimate of drug-likeness (QED) is 0.193. The lowest BCUT2D eigenvalue weighted by atomic mass is 10.1. The molecule has 0 saturated carbocycles. The van der Waals surface area contributed by atoms with Crippen LogP contribution in [0.3, 0.4) is 0 Å². The first-order valence-corrected chi connectivity index (χ1v) is 12.3. The van der Waals surface area contributed by atoms with E-state index in [1.54, 1.807) is 23.9 Å². The number of guanidine groups is 1. The van der Waals surface area contributed by atoms with Crippen LogP contribution in [0.5, 0.6) is 5.75 Å². The molecule has 1 aromatic heterocycles. The van der Waals surface area contributed by atoms with Gasteiger partial charge in [-0.05, 0) is 36.9 Å².